The molecule has 0 spiro atoms. The smallest absolute Gasteiger partial charge is 0.399 e. The van der Waals surface area contributed by atoms with E-state index < -0.39 is 0 Å². The Balaban J connectivity index is 2.02. The maximum Gasteiger partial charge on any atom is 0.494 e. The lowest BCUT2D eigenvalue weighted by Crippen LogP contribution is -2.41. The zero-order chi connectivity index (χ0) is 16.8. The largest absolute Gasteiger partial charge is 0.494 e. The number of methoxy groups -OCH3 is 1. The van der Waals surface area contributed by atoms with Gasteiger partial charge in [0.25, 0.3) is 0 Å². The summed E-state index contributed by atoms with van der Waals surface area (Å²) in [5.74, 6) is 0. The Morgan fingerprint density at radius 2 is 1.65 bits per heavy atom. The minimum absolute atomic E-state index is 0.351. The van der Waals surface area contributed by atoms with Gasteiger partial charge in [-0.15, -0.1) is 0 Å². The van der Waals surface area contributed by atoms with Crippen molar-refractivity contribution in [2.45, 2.75) is 45.5 Å². The van der Waals surface area contributed by atoms with Gasteiger partial charge in [-0.2, -0.15) is 0 Å². The van der Waals surface area contributed by atoms with E-state index in [1.807, 2.05) is 12.1 Å². The van der Waals surface area contributed by atoms with Crippen molar-refractivity contribution in [3.05, 3.63) is 35.9 Å². The third-order valence-corrected chi connectivity index (χ3v) is 5.00. The van der Waals surface area contributed by atoms with Crippen molar-refractivity contribution in [2.24, 2.45) is 0 Å². The normalized spacial score (nSPS) is 19.4. The van der Waals surface area contributed by atoms with Crippen molar-refractivity contribution >= 4 is 29.0 Å². The van der Waals surface area contributed by atoms with Crippen LogP contribution in [0.3, 0.4) is 0 Å². The molecule has 1 saturated heterocycles. The van der Waals surface area contributed by atoms with Gasteiger partial charge in [-0.3, -0.25) is 0 Å². The second-order valence-electron chi connectivity index (χ2n) is 7.14. The van der Waals surface area contributed by atoms with Crippen LogP contribution in [-0.2, 0) is 20.7 Å². The average molecular weight is 313 g/mol. The summed E-state index contributed by atoms with van der Waals surface area (Å²) in [5.41, 5.74) is 8.34. The fraction of sp³-hybridized carbons (Fsp3) is 0.444. The van der Waals surface area contributed by atoms with Gasteiger partial charge in [0.15, 0.2) is 0 Å². The molecule has 3 rings (SSSR count). The SMILES string of the molecule is COCc1ccc2ccc(B3OC(C)(C)C(C)(C)O3)cc2c1N. The number of anilines is 1. The summed E-state index contributed by atoms with van der Waals surface area (Å²) in [7, 11) is 1.29. The van der Waals surface area contributed by atoms with Crippen LogP contribution in [0, 0.1) is 0 Å². The van der Waals surface area contributed by atoms with Crippen LogP contribution < -0.4 is 11.2 Å². The monoisotopic (exact) mass is 313 g/mol. The number of hydrogen-bond donors (Lipinski definition) is 1. The molecule has 0 amide bonds. The average Bonchev–Trinajstić information content (AvgIpc) is 2.70. The molecule has 4 nitrogen and oxygen atoms in total. The second-order valence-corrected chi connectivity index (χ2v) is 7.14. The molecule has 0 radical (unpaired) electrons. The van der Waals surface area contributed by atoms with E-state index in [2.05, 4.69) is 45.9 Å². The van der Waals surface area contributed by atoms with Gasteiger partial charge in [-0.1, -0.05) is 30.3 Å². The number of nitrogens with two attached hydrogens (primary N) is 1. The fourth-order valence-corrected chi connectivity index (χ4v) is 2.81. The molecule has 1 aliphatic heterocycles. The summed E-state index contributed by atoms with van der Waals surface area (Å²) in [5, 5.41) is 2.11. The van der Waals surface area contributed by atoms with Crippen molar-refractivity contribution in [1.82, 2.24) is 0 Å². The van der Waals surface area contributed by atoms with Gasteiger partial charge in [0.05, 0.1) is 17.8 Å². The number of rotatable bonds is 3. The van der Waals surface area contributed by atoms with E-state index in [0.717, 1.165) is 27.5 Å². The van der Waals surface area contributed by atoms with Crippen molar-refractivity contribution in [2.75, 3.05) is 12.8 Å². The van der Waals surface area contributed by atoms with Gasteiger partial charge in [-0.25, -0.2) is 0 Å². The lowest BCUT2D eigenvalue weighted by atomic mass is 9.78. The Morgan fingerprint density at radius 1 is 1.04 bits per heavy atom. The lowest BCUT2D eigenvalue weighted by Gasteiger charge is -2.32. The van der Waals surface area contributed by atoms with E-state index in [1.165, 1.54) is 0 Å². The minimum atomic E-state index is -0.380. The van der Waals surface area contributed by atoms with Crippen LogP contribution in [-0.4, -0.2) is 25.4 Å². The second kappa shape index (κ2) is 5.51. The number of ether oxygens (including phenoxy) is 1. The maximum atomic E-state index is 6.32. The first-order valence-corrected chi connectivity index (χ1v) is 7.91. The van der Waals surface area contributed by atoms with Crippen LogP contribution in [0.5, 0.6) is 0 Å². The molecule has 1 aliphatic rings. The molecule has 23 heavy (non-hydrogen) atoms. The van der Waals surface area contributed by atoms with Gasteiger partial charge < -0.3 is 19.8 Å². The molecular formula is C18H24BNO3. The zero-order valence-corrected chi connectivity index (χ0v) is 14.5. The highest BCUT2D eigenvalue weighted by atomic mass is 16.7. The van der Waals surface area contributed by atoms with E-state index in [4.69, 9.17) is 19.8 Å². The zero-order valence-electron chi connectivity index (χ0n) is 14.5. The number of benzene rings is 2. The molecule has 5 heteroatoms. The Labute approximate surface area is 138 Å². The summed E-state index contributed by atoms with van der Waals surface area (Å²) in [6.45, 7) is 8.72. The highest BCUT2D eigenvalue weighted by molar-refractivity contribution is 6.62. The van der Waals surface area contributed by atoms with E-state index in [1.54, 1.807) is 7.11 Å². The highest BCUT2D eigenvalue weighted by Gasteiger charge is 2.51. The molecule has 2 aromatic carbocycles. The Bertz CT molecular complexity index is 726. The molecular weight excluding hydrogens is 289 g/mol. The topological polar surface area (TPSA) is 53.7 Å². The van der Waals surface area contributed by atoms with Crippen LogP contribution in [0.4, 0.5) is 5.69 Å². The van der Waals surface area contributed by atoms with Crippen molar-refractivity contribution in [3.63, 3.8) is 0 Å². The molecule has 1 heterocycles. The van der Waals surface area contributed by atoms with Crippen LogP contribution in [0.2, 0.25) is 0 Å². The molecule has 0 bridgehead atoms. The third-order valence-electron chi connectivity index (χ3n) is 5.00. The van der Waals surface area contributed by atoms with E-state index in [9.17, 15) is 0 Å². The highest BCUT2D eigenvalue weighted by Crippen LogP contribution is 2.36. The van der Waals surface area contributed by atoms with E-state index in [0.29, 0.717) is 6.61 Å². The van der Waals surface area contributed by atoms with E-state index >= 15 is 0 Å². The molecule has 122 valence electrons. The predicted octanol–water partition coefficient (Wildman–Crippen LogP) is 2.87. The molecule has 0 saturated carbocycles. The molecule has 2 aromatic rings. The van der Waals surface area contributed by atoms with Crippen LogP contribution >= 0.6 is 0 Å². The van der Waals surface area contributed by atoms with Gasteiger partial charge in [0.2, 0.25) is 0 Å². The molecule has 0 aliphatic carbocycles. The molecule has 0 atom stereocenters. The summed E-state index contributed by atoms with van der Waals surface area (Å²) in [4.78, 5) is 0. The van der Waals surface area contributed by atoms with Crippen LogP contribution in [0.25, 0.3) is 10.8 Å². The summed E-state index contributed by atoms with van der Waals surface area (Å²) < 4.78 is 17.5. The van der Waals surface area contributed by atoms with Crippen LogP contribution in [0.15, 0.2) is 30.3 Å². The van der Waals surface area contributed by atoms with Crippen LogP contribution in [0.1, 0.15) is 33.3 Å². The minimum Gasteiger partial charge on any atom is -0.399 e. The summed E-state index contributed by atoms with van der Waals surface area (Å²) in [6, 6.07) is 10.2. The number of nitrogen functional groups attached to an aromatic ring is 1. The Hall–Kier alpha value is -1.56. The molecule has 0 aromatic heterocycles. The third kappa shape index (κ3) is 2.73. The maximum absolute atomic E-state index is 6.32. The summed E-state index contributed by atoms with van der Waals surface area (Å²) in [6.07, 6.45) is 0. The van der Waals surface area contributed by atoms with Crippen molar-refractivity contribution < 1.29 is 14.0 Å². The quantitative estimate of drug-likeness (QED) is 0.699. The molecule has 2 N–H and O–H groups in total. The van der Waals surface area contributed by atoms with Crippen molar-refractivity contribution in [1.29, 1.82) is 0 Å². The Morgan fingerprint density at radius 3 is 2.26 bits per heavy atom. The molecule has 0 unspecified atom stereocenters. The van der Waals surface area contributed by atoms with Gasteiger partial charge in [-0.05, 0) is 38.5 Å². The number of hydrogen-bond acceptors (Lipinski definition) is 4. The van der Waals surface area contributed by atoms with Gasteiger partial charge >= 0.3 is 7.12 Å². The Kier molecular flexibility index (Phi) is 3.91. The standard InChI is InChI=1S/C18H24BNO3/c1-17(2)18(3,4)23-19(22-17)14-9-8-12-6-7-13(11-21-5)16(20)15(12)10-14/h6-10H,11,20H2,1-5H3. The first kappa shape index (κ1) is 16.3. The fourth-order valence-electron chi connectivity index (χ4n) is 2.81. The predicted molar refractivity (Wildman–Crippen MR) is 94.8 cm³/mol. The summed E-state index contributed by atoms with van der Waals surface area (Å²) >= 11 is 0. The van der Waals surface area contributed by atoms with E-state index in [-0.39, 0.29) is 18.3 Å². The first-order valence-electron chi connectivity index (χ1n) is 7.91. The van der Waals surface area contributed by atoms with Gasteiger partial charge in [0.1, 0.15) is 0 Å². The first-order chi connectivity index (χ1) is 10.7. The number of fused-ring (bicyclic) bond motifs is 1. The van der Waals surface area contributed by atoms with Gasteiger partial charge in [0, 0.05) is 23.7 Å². The lowest BCUT2D eigenvalue weighted by molar-refractivity contribution is 0.00578. The molecule has 1 fully saturated rings. The van der Waals surface area contributed by atoms with Crippen molar-refractivity contribution in [3.8, 4) is 0 Å².